The van der Waals surface area contributed by atoms with E-state index in [9.17, 15) is 5.11 Å². The van der Waals surface area contributed by atoms with E-state index in [4.69, 9.17) is 17.3 Å². The molecule has 0 aliphatic heterocycles. The lowest BCUT2D eigenvalue weighted by atomic mass is 10.1. The first-order valence-corrected chi connectivity index (χ1v) is 6.62. The van der Waals surface area contributed by atoms with Crippen LogP contribution in [0.5, 0.6) is 5.75 Å². The van der Waals surface area contributed by atoms with Crippen molar-refractivity contribution in [2.24, 2.45) is 5.73 Å². The van der Waals surface area contributed by atoms with Gasteiger partial charge in [0.15, 0.2) is 0 Å². The maximum absolute atomic E-state index is 9.94. The number of phenolic OH excluding ortho intramolecular Hbond substituents is 1. The van der Waals surface area contributed by atoms with Gasteiger partial charge in [0, 0.05) is 10.4 Å². The Kier molecular flexibility index (Phi) is 5.28. The molecular weight excluding hydrogens is 345 g/mol. The minimum atomic E-state index is -0.325. The van der Waals surface area contributed by atoms with Crippen LogP contribution in [0.2, 0.25) is 5.02 Å². The van der Waals surface area contributed by atoms with Crippen molar-refractivity contribution < 1.29 is 5.11 Å². The topological polar surface area (TPSA) is 46.2 Å². The molecule has 2 nitrogen and oxygen atoms in total. The van der Waals surface area contributed by atoms with Crippen molar-refractivity contribution in [3.05, 3.63) is 49.6 Å². The van der Waals surface area contributed by atoms with Crippen LogP contribution in [0, 0.1) is 0 Å². The second kappa shape index (κ2) is 6.07. The Morgan fingerprint density at radius 3 is 2.65 bits per heavy atom. The molecule has 0 unspecified atom stereocenters. The van der Waals surface area contributed by atoms with Gasteiger partial charge in [0.25, 0.3) is 0 Å². The van der Waals surface area contributed by atoms with Gasteiger partial charge in [-0.25, -0.2) is 0 Å². The summed E-state index contributed by atoms with van der Waals surface area (Å²) in [4.78, 5) is 1.00. The van der Waals surface area contributed by atoms with E-state index in [2.05, 4.69) is 15.9 Å². The molecule has 1 atom stereocenters. The molecule has 0 saturated heterocycles. The van der Waals surface area contributed by atoms with Crippen molar-refractivity contribution in [2.75, 3.05) is 0 Å². The Hall–Kier alpha value is -0.260. The van der Waals surface area contributed by atoms with Crippen LogP contribution >= 0.6 is 51.3 Å². The van der Waals surface area contributed by atoms with Gasteiger partial charge in [-0.05, 0) is 33.4 Å². The van der Waals surface area contributed by atoms with Gasteiger partial charge in [-0.1, -0.05) is 23.7 Å². The molecule has 0 spiro atoms. The third-order valence-corrected chi connectivity index (χ3v) is 4.59. The zero-order chi connectivity index (χ0) is 11.7. The molecule has 0 saturated carbocycles. The quantitative estimate of drug-likeness (QED) is 0.842. The van der Waals surface area contributed by atoms with Gasteiger partial charge in [0.1, 0.15) is 5.75 Å². The molecular formula is C11H10BrCl2NOS. The van der Waals surface area contributed by atoms with Gasteiger partial charge in [0.05, 0.1) is 15.5 Å². The highest BCUT2D eigenvalue weighted by molar-refractivity contribution is 9.10. The number of benzene rings is 1. The van der Waals surface area contributed by atoms with Crippen molar-refractivity contribution in [1.29, 1.82) is 0 Å². The van der Waals surface area contributed by atoms with Crippen molar-refractivity contribution in [3.8, 4) is 5.75 Å². The zero-order valence-electron chi connectivity index (χ0n) is 8.56. The van der Waals surface area contributed by atoms with Crippen LogP contribution in [0.15, 0.2) is 34.1 Å². The molecule has 0 aliphatic carbocycles. The Bertz CT molecular complexity index is 504. The van der Waals surface area contributed by atoms with Crippen molar-refractivity contribution >= 4 is 51.3 Å². The molecule has 2 rings (SSSR count). The van der Waals surface area contributed by atoms with Gasteiger partial charge >= 0.3 is 0 Å². The van der Waals surface area contributed by atoms with E-state index in [0.717, 1.165) is 4.88 Å². The molecule has 6 heteroatoms. The predicted molar refractivity (Wildman–Crippen MR) is 78.4 cm³/mol. The number of rotatable bonds is 2. The molecule has 0 bridgehead atoms. The molecule has 17 heavy (non-hydrogen) atoms. The fourth-order valence-electron chi connectivity index (χ4n) is 1.43. The summed E-state index contributed by atoms with van der Waals surface area (Å²) in [6.45, 7) is 0. The minimum absolute atomic E-state index is 0. The van der Waals surface area contributed by atoms with E-state index in [0.29, 0.717) is 15.1 Å². The number of hydrogen-bond acceptors (Lipinski definition) is 3. The molecule has 2 aromatic rings. The largest absolute Gasteiger partial charge is 0.506 e. The highest BCUT2D eigenvalue weighted by Crippen LogP contribution is 2.38. The maximum Gasteiger partial charge on any atom is 0.136 e. The number of hydrogen-bond donors (Lipinski definition) is 2. The second-order valence-electron chi connectivity index (χ2n) is 3.29. The van der Waals surface area contributed by atoms with Crippen LogP contribution in [0.3, 0.4) is 0 Å². The number of nitrogens with two attached hydrogens (primary N) is 1. The normalized spacial score (nSPS) is 11.9. The number of phenols is 1. The first-order chi connectivity index (χ1) is 7.61. The first-order valence-electron chi connectivity index (χ1n) is 4.57. The third-order valence-electron chi connectivity index (χ3n) is 2.29. The Morgan fingerprint density at radius 1 is 1.35 bits per heavy atom. The van der Waals surface area contributed by atoms with Gasteiger partial charge in [-0.15, -0.1) is 23.7 Å². The van der Waals surface area contributed by atoms with E-state index in [1.807, 2.05) is 17.5 Å². The highest BCUT2D eigenvalue weighted by atomic mass is 79.9. The van der Waals surface area contributed by atoms with E-state index in [1.54, 1.807) is 23.5 Å². The van der Waals surface area contributed by atoms with E-state index >= 15 is 0 Å². The fraction of sp³-hybridized carbons (Fsp3) is 0.0909. The summed E-state index contributed by atoms with van der Waals surface area (Å²) in [5.74, 6) is 0.105. The lowest BCUT2D eigenvalue weighted by Crippen LogP contribution is -2.10. The van der Waals surface area contributed by atoms with Crippen LogP contribution in [-0.2, 0) is 0 Å². The van der Waals surface area contributed by atoms with Gasteiger partial charge in [-0.2, -0.15) is 0 Å². The molecule has 1 aromatic heterocycles. The molecule has 0 amide bonds. The Morgan fingerprint density at radius 2 is 2.06 bits per heavy atom. The van der Waals surface area contributed by atoms with E-state index in [1.165, 1.54) is 0 Å². The fourth-order valence-corrected chi connectivity index (χ4v) is 2.69. The maximum atomic E-state index is 9.94. The first kappa shape index (κ1) is 14.8. The lowest BCUT2D eigenvalue weighted by molar-refractivity contribution is 0.462. The van der Waals surface area contributed by atoms with Crippen molar-refractivity contribution in [3.63, 3.8) is 0 Å². The predicted octanol–water partition coefficient (Wildman–Crippen LogP) is 4.34. The summed E-state index contributed by atoms with van der Waals surface area (Å²) in [6.07, 6.45) is 0. The summed E-state index contributed by atoms with van der Waals surface area (Å²) >= 11 is 10.7. The van der Waals surface area contributed by atoms with Crippen LogP contribution in [-0.4, -0.2) is 5.11 Å². The standard InChI is InChI=1S/C11H9BrClNOS.ClH/c12-9-7(13)4-3-6(11(9)15)10(14)8-2-1-5-16-8;/h1-5,10,15H,14H2;1H/t10-;/m0./s1. The number of aromatic hydroxyl groups is 1. The zero-order valence-corrected chi connectivity index (χ0v) is 12.5. The Labute approximate surface area is 123 Å². The molecule has 0 radical (unpaired) electrons. The van der Waals surface area contributed by atoms with Gasteiger partial charge < -0.3 is 10.8 Å². The summed E-state index contributed by atoms with van der Waals surface area (Å²) in [6, 6.07) is 7.01. The summed E-state index contributed by atoms with van der Waals surface area (Å²) in [5, 5.41) is 12.4. The Balaban J connectivity index is 0.00000144. The molecule has 0 aliphatic rings. The average molecular weight is 355 g/mol. The van der Waals surface area contributed by atoms with Gasteiger partial charge in [-0.3, -0.25) is 0 Å². The van der Waals surface area contributed by atoms with Crippen molar-refractivity contribution in [2.45, 2.75) is 6.04 Å². The average Bonchev–Trinajstić information content (AvgIpc) is 2.79. The monoisotopic (exact) mass is 353 g/mol. The van der Waals surface area contributed by atoms with Crippen LogP contribution < -0.4 is 5.73 Å². The van der Waals surface area contributed by atoms with E-state index < -0.39 is 0 Å². The molecule has 92 valence electrons. The smallest absolute Gasteiger partial charge is 0.136 e. The molecule has 3 N–H and O–H groups in total. The van der Waals surface area contributed by atoms with E-state index in [-0.39, 0.29) is 24.2 Å². The summed E-state index contributed by atoms with van der Waals surface area (Å²) in [5.41, 5.74) is 6.73. The second-order valence-corrected chi connectivity index (χ2v) is 5.47. The van der Waals surface area contributed by atoms with Crippen LogP contribution in [0.25, 0.3) is 0 Å². The lowest BCUT2D eigenvalue weighted by Gasteiger charge is -2.13. The number of thiophene rings is 1. The van der Waals surface area contributed by atoms with Crippen molar-refractivity contribution in [1.82, 2.24) is 0 Å². The highest BCUT2D eigenvalue weighted by Gasteiger charge is 2.17. The summed E-state index contributed by atoms with van der Waals surface area (Å²) in [7, 11) is 0. The number of halogens is 3. The molecule has 0 fully saturated rings. The molecule has 1 aromatic carbocycles. The van der Waals surface area contributed by atoms with Gasteiger partial charge in [0.2, 0.25) is 0 Å². The third kappa shape index (κ3) is 2.95. The molecule has 1 heterocycles. The summed E-state index contributed by atoms with van der Waals surface area (Å²) < 4.78 is 0.485. The SMILES string of the molecule is Cl.N[C@H](c1cccs1)c1ccc(Cl)c(Br)c1O. The van der Waals surface area contributed by atoms with Crippen LogP contribution in [0.4, 0.5) is 0 Å². The minimum Gasteiger partial charge on any atom is -0.506 e. The van der Waals surface area contributed by atoms with Crippen LogP contribution in [0.1, 0.15) is 16.5 Å².